The molecule has 1 N–H and O–H groups in total. The van der Waals surface area contributed by atoms with Gasteiger partial charge in [-0.1, -0.05) is 53.5 Å². The third kappa shape index (κ3) is 3.35. The molecule has 3 aromatic carbocycles. The van der Waals surface area contributed by atoms with Crippen LogP contribution in [0.3, 0.4) is 0 Å². The first-order valence-corrected chi connectivity index (χ1v) is 12.5. The van der Waals surface area contributed by atoms with Crippen LogP contribution >= 0.6 is 23.2 Å². The molecule has 0 aliphatic carbocycles. The molecule has 37 heavy (non-hydrogen) atoms. The molecule has 1 atom stereocenters. The Labute approximate surface area is 221 Å². The van der Waals surface area contributed by atoms with Gasteiger partial charge in [-0.25, -0.2) is 0 Å². The summed E-state index contributed by atoms with van der Waals surface area (Å²) in [7, 11) is 0. The molecule has 1 unspecified atom stereocenters. The lowest BCUT2D eigenvalue weighted by Gasteiger charge is -2.34. The molecule has 0 bridgehead atoms. The van der Waals surface area contributed by atoms with E-state index in [-0.39, 0.29) is 48.4 Å². The fourth-order valence-electron chi connectivity index (χ4n) is 5.42. The van der Waals surface area contributed by atoms with Crippen LogP contribution < -0.4 is 10.3 Å². The lowest BCUT2D eigenvalue weighted by molar-refractivity contribution is -0.126. The van der Waals surface area contributed by atoms with Gasteiger partial charge < -0.3 is 19.3 Å². The molecule has 186 valence electrons. The zero-order chi connectivity index (χ0) is 25.9. The van der Waals surface area contributed by atoms with E-state index in [0.29, 0.717) is 21.3 Å². The van der Waals surface area contributed by atoms with Crippen molar-refractivity contribution in [2.45, 2.75) is 18.5 Å². The molecule has 0 fully saturated rings. The summed E-state index contributed by atoms with van der Waals surface area (Å²) < 4.78 is 5.98. The predicted molar refractivity (Wildman–Crippen MR) is 140 cm³/mol. The average Bonchev–Trinajstić information content (AvgIpc) is 3.29. The average molecular weight is 535 g/mol. The third-order valence-corrected chi connectivity index (χ3v) is 7.48. The van der Waals surface area contributed by atoms with Crippen molar-refractivity contribution in [1.29, 1.82) is 0 Å². The molecule has 2 aliphatic rings. The van der Waals surface area contributed by atoms with E-state index in [2.05, 4.69) is 0 Å². The van der Waals surface area contributed by atoms with Gasteiger partial charge in [-0.15, -0.1) is 0 Å². The molecule has 1 spiro atoms. The van der Waals surface area contributed by atoms with E-state index < -0.39 is 22.8 Å². The van der Waals surface area contributed by atoms with Crippen molar-refractivity contribution in [3.8, 4) is 0 Å². The van der Waals surface area contributed by atoms with Crippen LogP contribution in [0.15, 0.2) is 75.9 Å². The Hall–Kier alpha value is -3.65. The normalized spacial score (nSPS) is 18.2. The maximum absolute atomic E-state index is 14.5. The SMILES string of the molecule is O=C1c2oc3ccc(Cl)cc3c(=O)c2C2(C(=O)N(Cc3ccc(Cl)cc3)c3ccccc32)N1CCCO. The highest BCUT2D eigenvalue weighted by Gasteiger charge is 2.64. The maximum atomic E-state index is 14.5. The van der Waals surface area contributed by atoms with Gasteiger partial charge in [0.2, 0.25) is 5.76 Å². The summed E-state index contributed by atoms with van der Waals surface area (Å²) in [5.41, 5.74) is -0.126. The van der Waals surface area contributed by atoms with Crippen LogP contribution in [0, 0.1) is 0 Å². The molecule has 7 nitrogen and oxygen atoms in total. The standard InChI is InChI=1S/C28H20Cl2N2O5/c29-17-8-6-16(7-9-17)15-31-21-5-2-1-4-20(21)28(27(31)36)23-24(34)19-14-18(30)10-11-22(19)37-25(23)26(35)32(28)12-3-13-33/h1-2,4-11,14,33H,3,12-13,15H2. The van der Waals surface area contributed by atoms with Gasteiger partial charge >= 0.3 is 0 Å². The second-order valence-corrected chi connectivity index (χ2v) is 9.93. The Morgan fingerprint density at radius 3 is 2.41 bits per heavy atom. The summed E-state index contributed by atoms with van der Waals surface area (Å²) in [5, 5.41) is 10.7. The highest BCUT2D eigenvalue weighted by Crippen LogP contribution is 2.53. The fraction of sp³-hybridized carbons (Fsp3) is 0.179. The molecule has 2 aliphatic heterocycles. The Bertz CT molecular complexity index is 1650. The summed E-state index contributed by atoms with van der Waals surface area (Å²) in [4.78, 5) is 45.3. The van der Waals surface area contributed by atoms with Crippen molar-refractivity contribution in [3.63, 3.8) is 0 Å². The van der Waals surface area contributed by atoms with Gasteiger partial charge in [-0.05, 0) is 48.4 Å². The maximum Gasteiger partial charge on any atom is 0.291 e. The van der Waals surface area contributed by atoms with Crippen LogP contribution in [-0.2, 0) is 16.9 Å². The zero-order valence-electron chi connectivity index (χ0n) is 19.4. The van der Waals surface area contributed by atoms with Crippen molar-refractivity contribution in [1.82, 2.24) is 4.90 Å². The van der Waals surface area contributed by atoms with Crippen molar-refractivity contribution in [3.05, 3.63) is 109 Å². The number of carbonyl (C=O) groups is 2. The highest BCUT2D eigenvalue weighted by molar-refractivity contribution is 6.31. The number of carbonyl (C=O) groups excluding carboxylic acids is 2. The van der Waals surface area contributed by atoms with E-state index in [1.807, 2.05) is 12.1 Å². The number of para-hydroxylation sites is 1. The number of aliphatic hydroxyl groups is 1. The Kier molecular flexibility index (Phi) is 5.60. The molecule has 2 amide bonds. The van der Waals surface area contributed by atoms with E-state index in [1.165, 1.54) is 17.0 Å². The number of amides is 2. The quantitative estimate of drug-likeness (QED) is 0.399. The molecular weight excluding hydrogens is 515 g/mol. The van der Waals surface area contributed by atoms with Crippen molar-refractivity contribution >= 4 is 51.7 Å². The van der Waals surface area contributed by atoms with Gasteiger partial charge in [-0.3, -0.25) is 14.4 Å². The molecule has 3 heterocycles. The van der Waals surface area contributed by atoms with Gasteiger partial charge in [0.05, 0.1) is 23.2 Å². The first kappa shape index (κ1) is 23.7. The Morgan fingerprint density at radius 1 is 0.919 bits per heavy atom. The lowest BCUT2D eigenvalue weighted by Crippen LogP contribution is -2.53. The van der Waals surface area contributed by atoms with Crippen molar-refractivity contribution < 1.29 is 19.1 Å². The molecule has 0 saturated heterocycles. The van der Waals surface area contributed by atoms with Crippen molar-refractivity contribution in [2.24, 2.45) is 0 Å². The van der Waals surface area contributed by atoms with Crippen LogP contribution in [0.1, 0.15) is 33.7 Å². The predicted octanol–water partition coefficient (Wildman–Crippen LogP) is 4.73. The van der Waals surface area contributed by atoms with E-state index in [0.717, 1.165) is 5.56 Å². The Morgan fingerprint density at radius 2 is 1.65 bits per heavy atom. The van der Waals surface area contributed by atoms with Gasteiger partial charge in [0.15, 0.2) is 11.0 Å². The number of hydrogen-bond donors (Lipinski definition) is 1. The minimum absolute atomic E-state index is 0.0266. The Balaban J connectivity index is 1.64. The van der Waals surface area contributed by atoms with E-state index in [9.17, 15) is 19.5 Å². The first-order chi connectivity index (χ1) is 17.9. The summed E-state index contributed by atoms with van der Waals surface area (Å²) in [6, 6.07) is 18.8. The largest absolute Gasteiger partial charge is 0.450 e. The molecule has 1 aromatic heterocycles. The molecule has 6 rings (SSSR count). The second kappa shape index (κ2) is 8.73. The monoisotopic (exact) mass is 534 g/mol. The smallest absolute Gasteiger partial charge is 0.291 e. The minimum Gasteiger partial charge on any atom is -0.450 e. The summed E-state index contributed by atoms with van der Waals surface area (Å²) in [6.07, 6.45) is 0.216. The molecule has 4 aromatic rings. The van der Waals surface area contributed by atoms with Crippen LogP contribution in [0.5, 0.6) is 0 Å². The first-order valence-electron chi connectivity index (χ1n) is 11.7. The number of aliphatic hydroxyl groups excluding tert-OH is 1. The van der Waals surface area contributed by atoms with Gasteiger partial charge in [0.25, 0.3) is 11.8 Å². The number of hydrogen-bond acceptors (Lipinski definition) is 5. The second-order valence-electron chi connectivity index (χ2n) is 9.06. The van der Waals surface area contributed by atoms with Crippen molar-refractivity contribution in [2.75, 3.05) is 18.1 Å². The molecule has 9 heteroatoms. The number of anilines is 1. The number of benzene rings is 3. The number of halogens is 2. The van der Waals surface area contributed by atoms with Crippen LogP contribution in [0.25, 0.3) is 11.0 Å². The molecule has 0 radical (unpaired) electrons. The van der Waals surface area contributed by atoms with E-state index in [4.69, 9.17) is 27.6 Å². The van der Waals surface area contributed by atoms with Gasteiger partial charge in [0.1, 0.15) is 5.58 Å². The number of fused-ring (bicyclic) bond motifs is 5. The fourth-order valence-corrected chi connectivity index (χ4v) is 5.72. The summed E-state index contributed by atoms with van der Waals surface area (Å²) in [5.74, 6) is -1.19. The van der Waals surface area contributed by atoms with E-state index >= 15 is 0 Å². The van der Waals surface area contributed by atoms with Crippen LogP contribution in [0.4, 0.5) is 5.69 Å². The summed E-state index contributed by atoms with van der Waals surface area (Å²) in [6.45, 7) is 0.0568. The lowest BCUT2D eigenvalue weighted by atomic mass is 9.84. The van der Waals surface area contributed by atoms with Gasteiger partial charge in [-0.2, -0.15) is 0 Å². The zero-order valence-corrected chi connectivity index (χ0v) is 20.9. The van der Waals surface area contributed by atoms with E-state index in [1.54, 1.807) is 47.4 Å². The molecule has 0 saturated carbocycles. The van der Waals surface area contributed by atoms with Crippen LogP contribution in [0.2, 0.25) is 10.0 Å². The molecular formula is C28H20Cl2N2O5. The third-order valence-electron chi connectivity index (χ3n) is 6.99. The van der Waals surface area contributed by atoms with Gasteiger partial charge in [0, 0.05) is 28.8 Å². The highest BCUT2D eigenvalue weighted by atomic mass is 35.5. The summed E-state index contributed by atoms with van der Waals surface area (Å²) >= 11 is 12.2. The topological polar surface area (TPSA) is 91.1 Å². The number of rotatable bonds is 5. The number of nitrogens with zero attached hydrogens (tertiary/aromatic N) is 2. The minimum atomic E-state index is -1.73. The van der Waals surface area contributed by atoms with Crippen LogP contribution in [-0.4, -0.2) is 35.0 Å².